The zero-order chi connectivity index (χ0) is 10.6. The minimum absolute atomic E-state index is 0.0137. The van der Waals surface area contributed by atoms with Crippen LogP contribution in [0.4, 0.5) is 5.69 Å². The third-order valence-electron chi connectivity index (χ3n) is 2.07. The molecule has 0 radical (unpaired) electrons. The molecule has 0 aliphatic rings. The average Bonchev–Trinajstić information content (AvgIpc) is 2.27. The van der Waals surface area contributed by atoms with Crippen LogP contribution in [0.2, 0.25) is 0 Å². The van der Waals surface area contributed by atoms with Gasteiger partial charge in [0.05, 0.1) is 17.1 Å². The van der Waals surface area contributed by atoms with Crippen LogP contribution < -0.4 is 4.90 Å². The first-order chi connectivity index (χ1) is 6.66. The Bertz CT molecular complexity index is 302. The molecule has 0 unspecified atom stereocenters. The van der Waals surface area contributed by atoms with E-state index in [1.807, 2.05) is 25.3 Å². The van der Waals surface area contributed by atoms with Gasteiger partial charge in [0, 0.05) is 13.2 Å². The van der Waals surface area contributed by atoms with E-state index in [9.17, 15) is 4.79 Å². The van der Waals surface area contributed by atoms with Crippen LogP contribution in [0.5, 0.6) is 0 Å². The zero-order valence-electron chi connectivity index (χ0n) is 8.60. The number of carbonyl (C=O) groups excluding carboxylic acids is 1. The summed E-state index contributed by atoms with van der Waals surface area (Å²) in [7, 11) is 1.77. The molecule has 0 saturated heterocycles. The van der Waals surface area contributed by atoms with Crippen LogP contribution in [-0.2, 0) is 4.79 Å². The fourth-order valence-electron chi connectivity index (χ4n) is 1.05. The number of pyridine rings is 1. The summed E-state index contributed by atoms with van der Waals surface area (Å²) in [6, 6.07) is 3.70. The summed E-state index contributed by atoms with van der Waals surface area (Å²) < 4.78 is 0. The number of nitrogens with zero attached hydrogens (tertiary/aromatic N) is 2. The van der Waals surface area contributed by atoms with E-state index in [1.54, 1.807) is 36.1 Å². The number of carbonyl (C=O) groups is 1. The molecule has 1 amide bonds. The van der Waals surface area contributed by atoms with Crippen molar-refractivity contribution in [2.75, 3.05) is 18.2 Å². The van der Waals surface area contributed by atoms with Gasteiger partial charge < -0.3 is 4.90 Å². The van der Waals surface area contributed by atoms with Gasteiger partial charge in [0.2, 0.25) is 5.91 Å². The van der Waals surface area contributed by atoms with Crippen molar-refractivity contribution in [3.63, 3.8) is 0 Å². The van der Waals surface area contributed by atoms with Gasteiger partial charge >= 0.3 is 0 Å². The molecule has 1 rings (SSSR count). The summed E-state index contributed by atoms with van der Waals surface area (Å²) in [4.78, 5) is 17.4. The number of amides is 1. The molecule has 1 aromatic heterocycles. The second kappa shape index (κ2) is 5.00. The average molecular weight is 210 g/mol. The van der Waals surface area contributed by atoms with E-state index in [0.717, 1.165) is 5.69 Å². The highest BCUT2D eigenvalue weighted by molar-refractivity contribution is 7.99. The minimum Gasteiger partial charge on any atom is -0.313 e. The van der Waals surface area contributed by atoms with Gasteiger partial charge in [0.25, 0.3) is 0 Å². The Balaban J connectivity index is 2.76. The summed E-state index contributed by atoms with van der Waals surface area (Å²) in [6.07, 6.45) is 5.31. The van der Waals surface area contributed by atoms with E-state index < -0.39 is 0 Å². The number of hydrogen-bond acceptors (Lipinski definition) is 3. The molecule has 1 heterocycles. The molecule has 0 N–H and O–H groups in total. The zero-order valence-corrected chi connectivity index (χ0v) is 9.41. The summed E-state index contributed by atoms with van der Waals surface area (Å²) >= 11 is 1.54. The predicted octanol–water partition coefficient (Wildman–Crippen LogP) is 1.80. The van der Waals surface area contributed by atoms with Crippen molar-refractivity contribution in [3.8, 4) is 0 Å². The van der Waals surface area contributed by atoms with Crippen LogP contribution in [0.1, 0.15) is 6.92 Å². The third kappa shape index (κ3) is 2.48. The Morgan fingerprint density at radius 1 is 1.64 bits per heavy atom. The van der Waals surface area contributed by atoms with Crippen molar-refractivity contribution in [1.82, 2.24) is 4.98 Å². The molecule has 76 valence electrons. The number of anilines is 1. The highest BCUT2D eigenvalue weighted by Crippen LogP contribution is 2.15. The van der Waals surface area contributed by atoms with Crippen molar-refractivity contribution in [3.05, 3.63) is 24.5 Å². The van der Waals surface area contributed by atoms with E-state index in [1.165, 1.54) is 0 Å². The molecule has 0 fully saturated rings. The lowest BCUT2D eigenvalue weighted by Crippen LogP contribution is -2.33. The molecule has 0 bridgehead atoms. The summed E-state index contributed by atoms with van der Waals surface area (Å²) in [5.41, 5.74) is 0.832. The Morgan fingerprint density at radius 3 is 2.86 bits per heavy atom. The van der Waals surface area contributed by atoms with E-state index >= 15 is 0 Å². The normalized spacial score (nSPS) is 12.2. The van der Waals surface area contributed by atoms with Crippen LogP contribution in [0.3, 0.4) is 0 Å². The van der Waals surface area contributed by atoms with E-state index in [-0.39, 0.29) is 11.2 Å². The van der Waals surface area contributed by atoms with Crippen molar-refractivity contribution < 1.29 is 4.79 Å². The standard InChI is InChI=1S/C10H14N2OS/c1-8(14-3)10(13)12(2)9-5-4-6-11-7-9/h4-8H,1-3H3/t8-/m1/s1. The van der Waals surface area contributed by atoms with Crippen molar-refractivity contribution in [2.24, 2.45) is 0 Å². The molecular weight excluding hydrogens is 196 g/mol. The molecular formula is C10H14N2OS. The second-order valence-corrected chi connectivity index (χ2v) is 4.16. The first-order valence-electron chi connectivity index (χ1n) is 4.37. The number of hydrogen-bond donors (Lipinski definition) is 0. The molecule has 0 saturated carbocycles. The summed E-state index contributed by atoms with van der Waals surface area (Å²) in [5, 5.41) is -0.0137. The monoisotopic (exact) mass is 210 g/mol. The lowest BCUT2D eigenvalue weighted by Gasteiger charge is -2.19. The Hall–Kier alpha value is -1.03. The topological polar surface area (TPSA) is 33.2 Å². The summed E-state index contributed by atoms with van der Waals surface area (Å²) in [6.45, 7) is 1.90. The SMILES string of the molecule is CS[C@H](C)C(=O)N(C)c1cccnc1. The fourth-order valence-corrected chi connectivity index (χ4v) is 1.41. The van der Waals surface area contributed by atoms with Crippen molar-refractivity contribution in [1.29, 1.82) is 0 Å². The quantitative estimate of drug-likeness (QED) is 0.762. The van der Waals surface area contributed by atoms with Gasteiger partial charge in [0.15, 0.2) is 0 Å². The molecule has 1 aromatic rings. The highest BCUT2D eigenvalue weighted by atomic mass is 32.2. The Morgan fingerprint density at radius 2 is 2.36 bits per heavy atom. The molecule has 3 nitrogen and oxygen atoms in total. The smallest absolute Gasteiger partial charge is 0.239 e. The van der Waals surface area contributed by atoms with Crippen molar-refractivity contribution in [2.45, 2.75) is 12.2 Å². The molecule has 0 aliphatic carbocycles. The largest absolute Gasteiger partial charge is 0.313 e. The van der Waals surface area contributed by atoms with Gasteiger partial charge in [-0.25, -0.2) is 0 Å². The van der Waals surface area contributed by atoms with Gasteiger partial charge in [-0.05, 0) is 25.3 Å². The molecule has 0 aliphatic heterocycles. The van der Waals surface area contributed by atoms with Crippen molar-refractivity contribution >= 4 is 23.4 Å². The van der Waals surface area contributed by atoms with Crippen LogP contribution in [0.25, 0.3) is 0 Å². The fraction of sp³-hybridized carbons (Fsp3) is 0.400. The second-order valence-electron chi connectivity index (χ2n) is 2.99. The van der Waals surface area contributed by atoms with Gasteiger partial charge in [-0.2, -0.15) is 11.8 Å². The lowest BCUT2D eigenvalue weighted by atomic mass is 10.3. The molecule has 14 heavy (non-hydrogen) atoms. The third-order valence-corrected chi connectivity index (χ3v) is 2.97. The van der Waals surface area contributed by atoms with Crippen LogP contribution >= 0.6 is 11.8 Å². The first-order valence-corrected chi connectivity index (χ1v) is 5.66. The molecule has 4 heteroatoms. The highest BCUT2D eigenvalue weighted by Gasteiger charge is 2.17. The van der Waals surface area contributed by atoms with Gasteiger partial charge in [0.1, 0.15) is 0 Å². The van der Waals surface area contributed by atoms with Crippen LogP contribution in [0.15, 0.2) is 24.5 Å². The number of thioether (sulfide) groups is 1. The van der Waals surface area contributed by atoms with Crippen LogP contribution in [0, 0.1) is 0 Å². The number of aromatic nitrogens is 1. The van der Waals surface area contributed by atoms with Crippen LogP contribution in [-0.4, -0.2) is 29.4 Å². The molecule has 0 aromatic carbocycles. The Kier molecular flexibility index (Phi) is 3.95. The maximum Gasteiger partial charge on any atom is 0.239 e. The maximum atomic E-state index is 11.8. The van der Waals surface area contributed by atoms with E-state index in [0.29, 0.717) is 0 Å². The minimum atomic E-state index is -0.0137. The van der Waals surface area contributed by atoms with E-state index in [2.05, 4.69) is 4.98 Å². The van der Waals surface area contributed by atoms with Gasteiger partial charge in [-0.15, -0.1) is 0 Å². The first kappa shape index (κ1) is 11.0. The molecule has 1 atom stereocenters. The van der Waals surface area contributed by atoms with Gasteiger partial charge in [-0.3, -0.25) is 9.78 Å². The lowest BCUT2D eigenvalue weighted by molar-refractivity contribution is -0.117. The number of rotatable bonds is 3. The summed E-state index contributed by atoms with van der Waals surface area (Å²) in [5.74, 6) is 0.102. The van der Waals surface area contributed by atoms with E-state index in [4.69, 9.17) is 0 Å². The van der Waals surface area contributed by atoms with Gasteiger partial charge in [-0.1, -0.05) is 0 Å². The predicted molar refractivity (Wildman–Crippen MR) is 60.6 cm³/mol. The maximum absolute atomic E-state index is 11.8. The Labute approximate surface area is 88.5 Å². The molecule has 0 spiro atoms.